The molecule has 0 aromatic heterocycles. The second-order valence-electron chi connectivity index (χ2n) is 4.48. The minimum absolute atomic E-state index is 0.102. The fraction of sp³-hybridized carbons (Fsp3) is 0.400. The summed E-state index contributed by atoms with van der Waals surface area (Å²) in [6.45, 7) is 5.92. The maximum Gasteiger partial charge on any atom is 0.491 e. The maximum absolute atomic E-state index is 13.5. The molecule has 82 valence electrons. The molecule has 0 aliphatic rings. The van der Waals surface area contributed by atoms with Crippen LogP contribution in [0.5, 0.6) is 0 Å². The first-order valence-electron chi connectivity index (χ1n) is 4.59. The van der Waals surface area contributed by atoms with E-state index in [-0.39, 0.29) is 15.4 Å². The molecule has 2 nitrogen and oxygen atoms in total. The van der Waals surface area contributed by atoms with E-state index >= 15 is 0 Å². The van der Waals surface area contributed by atoms with E-state index in [2.05, 4.69) is 15.9 Å². The van der Waals surface area contributed by atoms with Crippen molar-refractivity contribution in [3.63, 3.8) is 0 Å². The molecule has 15 heavy (non-hydrogen) atoms. The second-order valence-corrected chi connectivity index (χ2v) is 5.34. The molecule has 0 fully saturated rings. The molecule has 1 aromatic carbocycles. The standard InChI is InChI=1S/C10H13BBrFO2/c1-10(2,3)6-4-7(11(14)15)9(13)8(12)5-6/h4-5,14-15H,1-3H3. The Labute approximate surface area is 97.4 Å². The van der Waals surface area contributed by atoms with Crippen molar-refractivity contribution in [2.24, 2.45) is 0 Å². The lowest BCUT2D eigenvalue weighted by atomic mass is 9.76. The van der Waals surface area contributed by atoms with Gasteiger partial charge in [0.2, 0.25) is 0 Å². The second kappa shape index (κ2) is 4.24. The minimum Gasteiger partial charge on any atom is -0.423 e. The van der Waals surface area contributed by atoms with Gasteiger partial charge in [0, 0.05) is 5.46 Å². The Morgan fingerprint density at radius 3 is 2.20 bits per heavy atom. The van der Waals surface area contributed by atoms with Crippen LogP contribution in [0.2, 0.25) is 0 Å². The molecule has 5 heteroatoms. The third-order valence-corrected chi connectivity index (χ3v) is 2.78. The average molecular weight is 275 g/mol. The quantitative estimate of drug-likeness (QED) is 0.764. The molecule has 0 unspecified atom stereocenters. The van der Waals surface area contributed by atoms with Gasteiger partial charge < -0.3 is 10.0 Å². The molecule has 1 aromatic rings. The Balaban J connectivity index is 3.36. The zero-order chi connectivity index (χ0) is 11.8. The fourth-order valence-corrected chi connectivity index (χ4v) is 1.71. The first kappa shape index (κ1) is 12.7. The summed E-state index contributed by atoms with van der Waals surface area (Å²) < 4.78 is 13.7. The molecule has 1 rings (SSSR count). The van der Waals surface area contributed by atoms with E-state index in [1.54, 1.807) is 6.07 Å². The summed E-state index contributed by atoms with van der Waals surface area (Å²) in [5.41, 5.74) is 0.577. The van der Waals surface area contributed by atoms with E-state index in [0.717, 1.165) is 5.56 Å². The normalized spacial score (nSPS) is 11.7. The summed E-state index contributed by atoms with van der Waals surface area (Å²) in [5.74, 6) is -0.627. The van der Waals surface area contributed by atoms with Crippen LogP contribution in [-0.4, -0.2) is 17.2 Å². The van der Waals surface area contributed by atoms with Crippen molar-refractivity contribution in [1.82, 2.24) is 0 Å². The van der Waals surface area contributed by atoms with Gasteiger partial charge in [0.25, 0.3) is 0 Å². The third kappa shape index (κ3) is 2.80. The monoisotopic (exact) mass is 274 g/mol. The lowest BCUT2D eigenvalue weighted by Gasteiger charge is -2.20. The van der Waals surface area contributed by atoms with Crippen LogP contribution in [0.3, 0.4) is 0 Å². The largest absolute Gasteiger partial charge is 0.491 e. The zero-order valence-electron chi connectivity index (χ0n) is 8.88. The van der Waals surface area contributed by atoms with E-state index < -0.39 is 12.9 Å². The highest BCUT2D eigenvalue weighted by atomic mass is 79.9. The van der Waals surface area contributed by atoms with Gasteiger partial charge in [-0.05, 0) is 33.0 Å². The Morgan fingerprint density at radius 1 is 1.27 bits per heavy atom. The van der Waals surface area contributed by atoms with Crippen molar-refractivity contribution >= 4 is 28.5 Å². The lowest BCUT2D eigenvalue weighted by molar-refractivity contribution is 0.422. The molecule has 0 amide bonds. The molecule has 0 bridgehead atoms. The maximum atomic E-state index is 13.5. The highest BCUT2D eigenvalue weighted by Gasteiger charge is 2.23. The summed E-state index contributed by atoms with van der Waals surface area (Å²) in [5, 5.41) is 18.0. The summed E-state index contributed by atoms with van der Waals surface area (Å²) in [6, 6.07) is 3.13. The van der Waals surface area contributed by atoms with Gasteiger partial charge >= 0.3 is 7.12 Å². The van der Waals surface area contributed by atoms with Gasteiger partial charge in [-0.25, -0.2) is 4.39 Å². The van der Waals surface area contributed by atoms with Gasteiger partial charge in [0.15, 0.2) is 0 Å². The van der Waals surface area contributed by atoms with E-state index in [0.29, 0.717) is 0 Å². The van der Waals surface area contributed by atoms with Crippen molar-refractivity contribution < 1.29 is 14.4 Å². The third-order valence-electron chi connectivity index (χ3n) is 2.20. The Hall–Kier alpha value is -0.385. The van der Waals surface area contributed by atoms with E-state index in [1.807, 2.05) is 20.8 Å². The van der Waals surface area contributed by atoms with Gasteiger partial charge in [-0.3, -0.25) is 0 Å². The average Bonchev–Trinajstić information content (AvgIpc) is 2.06. The number of benzene rings is 1. The van der Waals surface area contributed by atoms with Gasteiger partial charge in [-0.15, -0.1) is 0 Å². The molecule has 0 aliphatic carbocycles. The summed E-state index contributed by atoms with van der Waals surface area (Å²) in [7, 11) is -1.79. The van der Waals surface area contributed by atoms with Crippen LogP contribution >= 0.6 is 15.9 Å². The van der Waals surface area contributed by atoms with Crippen LogP contribution < -0.4 is 5.46 Å². The van der Waals surface area contributed by atoms with E-state index in [9.17, 15) is 4.39 Å². The molecule has 0 radical (unpaired) electrons. The smallest absolute Gasteiger partial charge is 0.423 e. The fourth-order valence-electron chi connectivity index (χ4n) is 1.23. The highest BCUT2D eigenvalue weighted by molar-refractivity contribution is 9.10. The van der Waals surface area contributed by atoms with Gasteiger partial charge in [0.1, 0.15) is 5.82 Å². The molecular weight excluding hydrogens is 262 g/mol. The Morgan fingerprint density at radius 2 is 1.80 bits per heavy atom. The molecular formula is C10H13BBrFO2. The van der Waals surface area contributed by atoms with Crippen molar-refractivity contribution in [2.75, 3.05) is 0 Å². The molecule has 0 atom stereocenters. The van der Waals surface area contributed by atoms with Crippen molar-refractivity contribution in [3.8, 4) is 0 Å². The first-order chi connectivity index (χ1) is 6.73. The lowest BCUT2D eigenvalue weighted by Crippen LogP contribution is -2.34. The summed E-state index contributed by atoms with van der Waals surface area (Å²) in [6.07, 6.45) is 0. The molecule has 2 N–H and O–H groups in total. The minimum atomic E-state index is -1.79. The molecule has 0 saturated carbocycles. The molecule has 0 spiro atoms. The van der Waals surface area contributed by atoms with Crippen molar-refractivity contribution in [1.29, 1.82) is 0 Å². The van der Waals surface area contributed by atoms with Gasteiger partial charge in [0.05, 0.1) is 4.47 Å². The Kier molecular flexibility index (Phi) is 3.58. The first-order valence-corrected chi connectivity index (χ1v) is 5.38. The van der Waals surface area contributed by atoms with Gasteiger partial charge in [-0.2, -0.15) is 0 Å². The zero-order valence-corrected chi connectivity index (χ0v) is 10.5. The number of hydrogen-bond acceptors (Lipinski definition) is 2. The van der Waals surface area contributed by atoms with E-state index in [4.69, 9.17) is 10.0 Å². The SMILES string of the molecule is CC(C)(C)c1cc(Br)c(F)c(B(O)O)c1. The molecule has 0 heterocycles. The predicted octanol–water partition coefficient (Wildman–Crippen LogP) is 1.57. The predicted molar refractivity (Wildman–Crippen MR) is 62.6 cm³/mol. The van der Waals surface area contributed by atoms with Crippen LogP contribution in [0.4, 0.5) is 4.39 Å². The van der Waals surface area contributed by atoms with Crippen LogP contribution in [0, 0.1) is 5.82 Å². The summed E-state index contributed by atoms with van der Waals surface area (Å²) >= 11 is 3.06. The van der Waals surface area contributed by atoms with Crippen molar-refractivity contribution in [3.05, 3.63) is 28.0 Å². The van der Waals surface area contributed by atoms with Gasteiger partial charge in [-0.1, -0.05) is 26.8 Å². The number of halogens is 2. The highest BCUT2D eigenvalue weighted by Crippen LogP contribution is 2.25. The van der Waals surface area contributed by atoms with Crippen LogP contribution in [0.15, 0.2) is 16.6 Å². The Bertz CT molecular complexity index is 374. The van der Waals surface area contributed by atoms with Crippen molar-refractivity contribution in [2.45, 2.75) is 26.2 Å². The van der Waals surface area contributed by atoms with E-state index in [1.165, 1.54) is 6.07 Å². The molecule has 0 aliphatic heterocycles. The van der Waals surface area contributed by atoms with Crippen LogP contribution in [0.25, 0.3) is 0 Å². The van der Waals surface area contributed by atoms with Crippen LogP contribution in [0.1, 0.15) is 26.3 Å². The topological polar surface area (TPSA) is 40.5 Å². The van der Waals surface area contributed by atoms with Crippen LogP contribution in [-0.2, 0) is 5.41 Å². The number of hydrogen-bond donors (Lipinski definition) is 2. The summed E-state index contributed by atoms with van der Waals surface area (Å²) in [4.78, 5) is 0. The molecule has 0 saturated heterocycles. The number of rotatable bonds is 1.